The summed E-state index contributed by atoms with van der Waals surface area (Å²) in [5.74, 6) is 1.00. The first kappa shape index (κ1) is 22.5. The highest BCUT2D eigenvalue weighted by molar-refractivity contribution is 7.90. The summed E-state index contributed by atoms with van der Waals surface area (Å²) in [6.45, 7) is 0.839. The fourth-order valence-electron chi connectivity index (χ4n) is 3.48. The summed E-state index contributed by atoms with van der Waals surface area (Å²) in [6, 6.07) is 21.4. The zero-order chi connectivity index (χ0) is 23.4. The van der Waals surface area contributed by atoms with Gasteiger partial charge in [-0.15, -0.1) is 0 Å². The molecule has 1 heterocycles. The number of ether oxygens (including phenoxy) is 1. The molecule has 0 atom stereocenters. The van der Waals surface area contributed by atoms with Crippen molar-refractivity contribution < 1.29 is 22.5 Å². The van der Waals surface area contributed by atoms with E-state index in [1.54, 1.807) is 42.3 Å². The fourth-order valence-corrected chi connectivity index (χ4v) is 4.14. The maximum Gasteiger partial charge on any atom is 0.253 e. The number of hydrogen-bond donors (Lipinski definition) is 0. The van der Waals surface area contributed by atoms with Crippen molar-refractivity contribution in [2.45, 2.75) is 11.3 Å². The van der Waals surface area contributed by atoms with Crippen molar-refractivity contribution in [3.05, 3.63) is 78.4 Å². The van der Waals surface area contributed by atoms with E-state index in [4.69, 9.17) is 9.26 Å². The Hall–Kier alpha value is -3.65. The average Bonchev–Trinajstić information content (AvgIpc) is 3.25. The van der Waals surface area contributed by atoms with Gasteiger partial charge in [0.1, 0.15) is 11.3 Å². The van der Waals surface area contributed by atoms with Crippen molar-refractivity contribution in [2.75, 3.05) is 26.5 Å². The van der Waals surface area contributed by atoms with Gasteiger partial charge < -0.3 is 14.2 Å². The topological polar surface area (TPSA) is 89.7 Å². The van der Waals surface area contributed by atoms with E-state index in [0.717, 1.165) is 17.2 Å². The third kappa shape index (κ3) is 5.23. The number of rotatable bonds is 8. The van der Waals surface area contributed by atoms with Crippen LogP contribution in [0.3, 0.4) is 0 Å². The molecule has 0 saturated heterocycles. The molecule has 1 amide bonds. The van der Waals surface area contributed by atoms with Crippen molar-refractivity contribution in [1.29, 1.82) is 0 Å². The van der Waals surface area contributed by atoms with E-state index in [1.807, 2.05) is 30.3 Å². The summed E-state index contributed by atoms with van der Waals surface area (Å²) in [4.78, 5) is 14.8. The molecule has 4 aromatic rings. The summed E-state index contributed by atoms with van der Waals surface area (Å²) in [6.07, 6.45) is 1.75. The van der Waals surface area contributed by atoms with Crippen molar-refractivity contribution in [2.24, 2.45) is 0 Å². The van der Waals surface area contributed by atoms with Crippen LogP contribution in [0.2, 0.25) is 0 Å². The second-order valence-corrected chi connectivity index (χ2v) is 9.80. The maximum atomic E-state index is 12.9. The lowest BCUT2D eigenvalue weighted by Crippen LogP contribution is -2.28. The summed E-state index contributed by atoms with van der Waals surface area (Å²) >= 11 is 0. The Morgan fingerprint density at radius 1 is 1.03 bits per heavy atom. The minimum Gasteiger partial charge on any atom is -0.493 e. The molecule has 170 valence electrons. The van der Waals surface area contributed by atoms with Crippen LogP contribution >= 0.6 is 0 Å². The molecule has 0 fully saturated rings. The van der Waals surface area contributed by atoms with E-state index in [9.17, 15) is 13.2 Å². The molecule has 8 heteroatoms. The van der Waals surface area contributed by atoms with Gasteiger partial charge in [-0.2, -0.15) is 0 Å². The zero-order valence-electron chi connectivity index (χ0n) is 18.4. The van der Waals surface area contributed by atoms with E-state index in [1.165, 1.54) is 12.1 Å². The lowest BCUT2D eigenvalue weighted by Gasteiger charge is -2.17. The number of aromatic nitrogens is 1. The SMILES string of the molecule is CN(CCCOc1cccc(S(C)(=O)=O)c1)C(=O)c1ccc2noc(-c3ccccc3)c2c1. The highest BCUT2D eigenvalue weighted by atomic mass is 32.2. The summed E-state index contributed by atoms with van der Waals surface area (Å²) in [5.41, 5.74) is 2.14. The van der Waals surface area contributed by atoms with Gasteiger partial charge in [0.05, 0.1) is 16.9 Å². The highest BCUT2D eigenvalue weighted by Crippen LogP contribution is 2.29. The molecule has 7 nitrogen and oxygen atoms in total. The summed E-state index contributed by atoms with van der Waals surface area (Å²) in [7, 11) is -1.55. The number of sulfone groups is 1. The minimum absolute atomic E-state index is 0.115. The van der Waals surface area contributed by atoms with Gasteiger partial charge >= 0.3 is 0 Å². The molecule has 0 saturated carbocycles. The molecular weight excluding hydrogens is 440 g/mol. The smallest absolute Gasteiger partial charge is 0.253 e. The van der Waals surface area contributed by atoms with Crippen molar-refractivity contribution in [1.82, 2.24) is 10.1 Å². The van der Waals surface area contributed by atoms with Gasteiger partial charge in [-0.25, -0.2) is 8.42 Å². The molecule has 0 unspecified atom stereocenters. The second kappa shape index (κ2) is 9.46. The van der Waals surface area contributed by atoms with Gasteiger partial charge in [-0.1, -0.05) is 41.6 Å². The number of fused-ring (bicyclic) bond motifs is 1. The number of carbonyl (C=O) groups is 1. The van der Waals surface area contributed by atoms with Crippen LogP contribution in [0.4, 0.5) is 0 Å². The minimum atomic E-state index is -3.29. The number of amides is 1. The molecule has 0 bridgehead atoms. The maximum absolute atomic E-state index is 12.9. The number of carbonyl (C=O) groups excluding carboxylic acids is 1. The van der Waals surface area contributed by atoms with Crippen LogP contribution < -0.4 is 4.74 Å². The third-order valence-corrected chi connectivity index (χ3v) is 6.36. The Bertz CT molecular complexity index is 1380. The first-order chi connectivity index (χ1) is 15.8. The molecular formula is C25H24N2O5S. The van der Waals surface area contributed by atoms with E-state index in [2.05, 4.69) is 5.16 Å². The van der Waals surface area contributed by atoms with Gasteiger partial charge in [0.25, 0.3) is 5.91 Å². The predicted molar refractivity (Wildman–Crippen MR) is 126 cm³/mol. The first-order valence-electron chi connectivity index (χ1n) is 10.5. The Morgan fingerprint density at radius 2 is 1.82 bits per heavy atom. The molecule has 0 aliphatic heterocycles. The van der Waals surface area contributed by atoms with Gasteiger partial charge in [0, 0.05) is 31.0 Å². The largest absolute Gasteiger partial charge is 0.493 e. The predicted octanol–water partition coefficient (Wildman–Crippen LogP) is 4.44. The van der Waals surface area contributed by atoms with E-state index in [-0.39, 0.29) is 10.8 Å². The normalized spacial score (nSPS) is 11.5. The number of nitrogens with zero attached hydrogens (tertiary/aromatic N) is 2. The lowest BCUT2D eigenvalue weighted by molar-refractivity contribution is 0.0788. The van der Waals surface area contributed by atoms with Crippen LogP contribution in [-0.4, -0.2) is 50.8 Å². The average molecular weight is 465 g/mol. The van der Waals surface area contributed by atoms with Crippen molar-refractivity contribution in [3.8, 4) is 17.1 Å². The number of hydrogen-bond acceptors (Lipinski definition) is 6. The van der Waals surface area contributed by atoms with Crippen LogP contribution in [0.25, 0.3) is 22.2 Å². The molecule has 3 aromatic carbocycles. The Morgan fingerprint density at radius 3 is 2.58 bits per heavy atom. The van der Waals surface area contributed by atoms with Gasteiger partial charge in [-0.05, 0) is 42.8 Å². The molecule has 0 radical (unpaired) electrons. The van der Waals surface area contributed by atoms with Crippen LogP contribution in [0.1, 0.15) is 16.8 Å². The van der Waals surface area contributed by atoms with E-state index in [0.29, 0.717) is 42.2 Å². The third-order valence-electron chi connectivity index (χ3n) is 5.25. The quantitative estimate of drug-likeness (QED) is 0.358. The standard InChI is InChI=1S/C25H24N2O5S/c1-27(14-7-15-31-20-10-6-11-21(17-20)33(2,29)30)25(28)19-12-13-23-22(16-19)24(32-26-23)18-8-4-3-5-9-18/h3-6,8-13,16-17H,7,14-15H2,1-2H3. The fraction of sp³-hybridized carbons (Fsp3) is 0.200. The van der Waals surface area contributed by atoms with Crippen LogP contribution in [0.5, 0.6) is 5.75 Å². The summed E-state index contributed by atoms with van der Waals surface area (Å²) < 4.78 is 34.5. The summed E-state index contributed by atoms with van der Waals surface area (Å²) in [5, 5.41) is 4.88. The molecule has 0 spiro atoms. The Labute approximate surface area is 192 Å². The molecule has 0 aliphatic rings. The van der Waals surface area contributed by atoms with E-state index < -0.39 is 9.84 Å². The van der Waals surface area contributed by atoms with Gasteiger partial charge in [0.15, 0.2) is 15.6 Å². The van der Waals surface area contributed by atoms with Crippen molar-refractivity contribution in [3.63, 3.8) is 0 Å². The van der Waals surface area contributed by atoms with Gasteiger partial charge in [0.2, 0.25) is 0 Å². The van der Waals surface area contributed by atoms with E-state index >= 15 is 0 Å². The van der Waals surface area contributed by atoms with Gasteiger partial charge in [-0.3, -0.25) is 4.79 Å². The molecule has 0 aliphatic carbocycles. The Balaban J connectivity index is 1.38. The second-order valence-electron chi connectivity index (χ2n) is 7.79. The molecule has 1 aromatic heterocycles. The number of benzene rings is 3. The molecule has 33 heavy (non-hydrogen) atoms. The molecule has 4 rings (SSSR count). The van der Waals surface area contributed by atoms with Crippen molar-refractivity contribution >= 4 is 26.6 Å². The van der Waals surface area contributed by atoms with Crippen LogP contribution in [-0.2, 0) is 9.84 Å². The molecule has 0 N–H and O–H groups in total. The van der Waals surface area contributed by atoms with Crippen LogP contribution in [0.15, 0.2) is 82.2 Å². The Kier molecular flexibility index (Phi) is 6.46. The monoisotopic (exact) mass is 464 g/mol. The zero-order valence-corrected chi connectivity index (χ0v) is 19.2. The first-order valence-corrected chi connectivity index (χ1v) is 12.4. The highest BCUT2D eigenvalue weighted by Gasteiger charge is 2.16. The lowest BCUT2D eigenvalue weighted by atomic mass is 10.1. The van der Waals surface area contributed by atoms with Crippen LogP contribution in [0, 0.1) is 0 Å².